The molecule has 0 aromatic carbocycles. The Balaban J connectivity index is 2.47. The number of thiophene rings is 1. The van der Waals surface area contributed by atoms with Crippen LogP contribution in [0.4, 0.5) is 0 Å². The van der Waals surface area contributed by atoms with Crippen molar-refractivity contribution in [2.75, 3.05) is 7.05 Å². The van der Waals surface area contributed by atoms with Crippen LogP contribution in [-0.4, -0.2) is 7.05 Å². The van der Waals surface area contributed by atoms with Gasteiger partial charge in [-0.2, -0.15) is 0 Å². The van der Waals surface area contributed by atoms with Gasteiger partial charge in [-0.1, -0.05) is 0 Å². The fraction of sp³-hybridized carbons (Fsp3) is 0.429. The zero-order valence-electron chi connectivity index (χ0n) is 11.0. The zero-order chi connectivity index (χ0) is 12.6. The molecule has 92 valence electrons. The number of hydrogen-bond acceptors (Lipinski definition) is 3. The molecule has 1 N–H and O–H groups in total. The summed E-state index contributed by atoms with van der Waals surface area (Å²) in [4.78, 5) is 2.74. The van der Waals surface area contributed by atoms with Gasteiger partial charge in [-0.25, -0.2) is 0 Å². The van der Waals surface area contributed by atoms with Crippen LogP contribution >= 0.6 is 11.3 Å². The number of hydrogen-bond donors (Lipinski definition) is 1. The highest BCUT2D eigenvalue weighted by atomic mass is 32.1. The summed E-state index contributed by atoms with van der Waals surface area (Å²) in [6, 6.07) is 4.61. The van der Waals surface area contributed by atoms with E-state index in [1.54, 1.807) is 0 Å². The van der Waals surface area contributed by atoms with Crippen LogP contribution in [0.15, 0.2) is 16.5 Å². The molecule has 0 aliphatic rings. The van der Waals surface area contributed by atoms with Crippen LogP contribution in [0.3, 0.4) is 0 Å². The third-order valence-electron chi connectivity index (χ3n) is 3.02. The maximum atomic E-state index is 5.63. The minimum Gasteiger partial charge on any atom is -0.466 e. The Labute approximate surface area is 107 Å². The third-order valence-corrected chi connectivity index (χ3v) is 4.24. The van der Waals surface area contributed by atoms with Crippen LogP contribution in [0, 0.1) is 27.7 Å². The fourth-order valence-electron chi connectivity index (χ4n) is 2.31. The second-order valence-electron chi connectivity index (χ2n) is 4.49. The number of aryl methyl sites for hydroxylation is 4. The van der Waals surface area contributed by atoms with Crippen molar-refractivity contribution < 1.29 is 4.42 Å². The summed E-state index contributed by atoms with van der Waals surface area (Å²) < 4.78 is 5.63. The van der Waals surface area contributed by atoms with Gasteiger partial charge in [0, 0.05) is 15.3 Å². The Kier molecular flexibility index (Phi) is 3.40. The Morgan fingerprint density at radius 1 is 1.18 bits per heavy atom. The molecular weight excluding hydrogens is 230 g/mol. The molecule has 2 heterocycles. The van der Waals surface area contributed by atoms with E-state index in [2.05, 4.69) is 31.3 Å². The second kappa shape index (κ2) is 4.67. The molecule has 0 aliphatic heterocycles. The van der Waals surface area contributed by atoms with E-state index in [0.717, 1.165) is 11.5 Å². The molecule has 0 aliphatic carbocycles. The van der Waals surface area contributed by atoms with Gasteiger partial charge in [-0.3, -0.25) is 0 Å². The molecule has 3 heteroatoms. The molecule has 2 rings (SSSR count). The summed E-state index contributed by atoms with van der Waals surface area (Å²) in [6.45, 7) is 8.35. The molecule has 0 fully saturated rings. The maximum absolute atomic E-state index is 5.63. The highest BCUT2D eigenvalue weighted by Crippen LogP contribution is 2.34. The molecule has 0 amide bonds. The Morgan fingerprint density at radius 2 is 1.88 bits per heavy atom. The van der Waals surface area contributed by atoms with Gasteiger partial charge in [-0.05, 0) is 52.4 Å². The van der Waals surface area contributed by atoms with E-state index in [1.807, 2.05) is 32.2 Å². The van der Waals surface area contributed by atoms with Crippen LogP contribution in [0.2, 0.25) is 0 Å². The lowest BCUT2D eigenvalue weighted by molar-refractivity contribution is 0.497. The first kappa shape index (κ1) is 12.4. The standard InChI is InChI=1S/C14H19NOS/c1-8-6-10(3)17-14(8)13(15-5)12-7-9(2)16-11(12)4/h6-7,13,15H,1-5H3. The predicted octanol–water partition coefficient (Wildman–Crippen LogP) is 3.88. The van der Waals surface area contributed by atoms with Crippen molar-refractivity contribution in [1.29, 1.82) is 0 Å². The first-order valence-corrected chi connectivity index (χ1v) is 6.65. The van der Waals surface area contributed by atoms with Crippen molar-refractivity contribution in [2.45, 2.75) is 33.7 Å². The van der Waals surface area contributed by atoms with Crippen LogP contribution in [0.5, 0.6) is 0 Å². The van der Waals surface area contributed by atoms with E-state index in [9.17, 15) is 0 Å². The largest absolute Gasteiger partial charge is 0.466 e. The zero-order valence-corrected chi connectivity index (χ0v) is 11.9. The van der Waals surface area contributed by atoms with Crippen LogP contribution in [-0.2, 0) is 0 Å². The average molecular weight is 249 g/mol. The molecule has 0 spiro atoms. The summed E-state index contributed by atoms with van der Waals surface area (Å²) in [5.74, 6) is 1.98. The molecule has 2 aromatic heterocycles. The van der Waals surface area contributed by atoms with Crippen LogP contribution in [0.1, 0.15) is 38.4 Å². The molecule has 0 saturated heterocycles. The molecule has 1 atom stereocenters. The highest BCUT2D eigenvalue weighted by molar-refractivity contribution is 7.12. The summed E-state index contributed by atoms with van der Waals surface area (Å²) in [6.07, 6.45) is 0. The highest BCUT2D eigenvalue weighted by Gasteiger charge is 2.20. The van der Waals surface area contributed by atoms with Gasteiger partial charge < -0.3 is 9.73 Å². The Hall–Kier alpha value is -1.06. The molecule has 0 bridgehead atoms. The van der Waals surface area contributed by atoms with Crippen molar-refractivity contribution in [1.82, 2.24) is 5.32 Å². The number of nitrogens with one attached hydrogen (secondary N) is 1. The molecule has 1 unspecified atom stereocenters. The lowest BCUT2D eigenvalue weighted by Crippen LogP contribution is -2.17. The monoisotopic (exact) mass is 249 g/mol. The second-order valence-corrected chi connectivity index (χ2v) is 5.78. The molecule has 0 radical (unpaired) electrons. The Morgan fingerprint density at radius 3 is 2.29 bits per heavy atom. The van der Waals surface area contributed by atoms with E-state index in [-0.39, 0.29) is 6.04 Å². The Bertz CT molecular complexity index is 478. The van der Waals surface area contributed by atoms with Crippen LogP contribution < -0.4 is 5.32 Å². The maximum Gasteiger partial charge on any atom is 0.106 e. The lowest BCUT2D eigenvalue weighted by atomic mass is 10.0. The average Bonchev–Trinajstić information content (AvgIpc) is 2.73. The van der Waals surface area contributed by atoms with E-state index < -0.39 is 0 Å². The smallest absolute Gasteiger partial charge is 0.106 e. The van der Waals surface area contributed by atoms with Crippen molar-refractivity contribution in [2.24, 2.45) is 0 Å². The SMILES string of the molecule is CNC(c1cc(C)oc1C)c1sc(C)cc1C. The lowest BCUT2D eigenvalue weighted by Gasteiger charge is -2.15. The molecule has 0 saturated carbocycles. The van der Waals surface area contributed by atoms with E-state index in [0.29, 0.717) is 0 Å². The van der Waals surface area contributed by atoms with Gasteiger partial charge in [0.05, 0.1) is 6.04 Å². The number of furan rings is 1. The van der Waals surface area contributed by atoms with E-state index >= 15 is 0 Å². The van der Waals surface area contributed by atoms with Crippen molar-refractivity contribution in [3.05, 3.63) is 44.5 Å². The normalized spacial score (nSPS) is 13.0. The predicted molar refractivity (Wildman–Crippen MR) is 72.9 cm³/mol. The van der Waals surface area contributed by atoms with Gasteiger partial charge in [-0.15, -0.1) is 11.3 Å². The van der Waals surface area contributed by atoms with Crippen molar-refractivity contribution in [3.8, 4) is 0 Å². The molecular formula is C14H19NOS. The van der Waals surface area contributed by atoms with Crippen LogP contribution in [0.25, 0.3) is 0 Å². The van der Waals surface area contributed by atoms with Crippen molar-refractivity contribution >= 4 is 11.3 Å². The minimum absolute atomic E-state index is 0.242. The van der Waals surface area contributed by atoms with E-state index in [1.165, 1.54) is 20.9 Å². The third kappa shape index (κ3) is 2.31. The van der Waals surface area contributed by atoms with E-state index in [4.69, 9.17) is 4.42 Å². The summed E-state index contributed by atoms with van der Waals surface area (Å²) in [5, 5.41) is 3.39. The molecule has 2 nitrogen and oxygen atoms in total. The summed E-state index contributed by atoms with van der Waals surface area (Å²) in [5.41, 5.74) is 2.60. The fourth-order valence-corrected chi connectivity index (χ4v) is 3.48. The van der Waals surface area contributed by atoms with Gasteiger partial charge in [0.1, 0.15) is 11.5 Å². The molecule has 17 heavy (non-hydrogen) atoms. The van der Waals surface area contributed by atoms with Gasteiger partial charge in [0.2, 0.25) is 0 Å². The molecule has 2 aromatic rings. The quantitative estimate of drug-likeness (QED) is 0.893. The summed E-state index contributed by atoms with van der Waals surface area (Å²) in [7, 11) is 2.00. The van der Waals surface area contributed by atoms with Crippen molar-refractivity contribution in [3.63, 3.8) is 0 Å². The minimum atomic E-state index is 0.242. The van der Waals surface area contributed by atoms with Gasteiger partial charge >= 0.3 is 0 Å². The van der Waals surface area contributed by atoms with Gasteiger partial charge in [0.25, 0.3) is 0 Å². The van der Waals surface area contributed by atoms with Gasteiger partial charge in [0.15, 0.2) is 0 Å². The first-order chi connectivity index (χ1) is 8.02. The summed E-state index contributed by atoms with van der Waals surface area (Å²) >= 11 is 1.86. The topological polar surface area (TPSA) is 25.2 Å². The first-order valence-electron chi connectivity index (χ1n) is 5.84. The number of rotatable bonds is 3.